The van der Waals surface area contributed by atoms with Crippen LogP contribution in [0.25, 0.3) is 6.08 Å². The topological polar surface area (TPSA) is 105 Å². The van der Waals surface area contributed by atoms with E-state index in [2.05, 4.69) is 51.5 Å². The number of nitrogens with one attached hydrogen (secondary N) is 1. The predicted octanol–water partition coefficient (Wildman–Crippen LogP) is -0.624. The van der Waals surface area contributed by atoms with Crippen molar-refractivity contribution in [3.8, 4) is 0 Å². The number of H-pyrrole nitrogens is 1. The minimum absolute atomic E-state index is 0.174. The molecule has 7 nitrogen and oxygen atoms in total. The molecule has 0 aliphatic carbocycles. The number of aliphatic hydroxyl groups excluding tert-OH is 2. The summed E-state index contributed by atoms with van der Waals surface area (Å²) in [6.07, 6.45) is 4.40. The average molecular weight is 426 g/mol. The van der Waals surface area contributed by atoms with Crippen molar-refractivity contribution in [2.75, 3.05) is 6.61 Å². The SMILES string of the molecule is CC([XeH])=CC=Cc1cn([C@H]2C[C@@H](O)[C@@H](CO)O2)c(=O)[nH]c1=O. The third-order valence-corrected chi connectivity index (χ3v) is 3.65. The molecule has 0 saturated carbocycles. The van der Waals surface area contributed by atoms with E-state index >= 15 is 0 Å². The number of rotatable bonds is 4. The fourth-order valence-corrected chi connectivity index (χ4v) is 2.38. The Morgan fingerprint density at radius 2 is 2.32 bits per heavy atom. The third kappa shape index (κ3) is 4.33. The van der Waals surface area contributed by atoms with Crippen LogP contribution in [0.5, 0.6) is 0 Å². The molecule has 8 heteroatoms. The zero-order valence-electron chi connectivity index (χ0n) is 11.9. The van der Waals surface area contributed by atoms with Crippen LogP contribution >= 0.6 is 0 Å². The van der Waals surface area contributed by atoms with Gasteiger partial charge in [-0.2, -0.15) is 0 Å². The summed E-state index contributed by atoms with van der Waals surface area (Å²) in [4.78, 5) is 25.9. The Kier molecular flexibility index (Phi) is 6.48. The second kappa shape index (κ2) is 7.93. The van der Waals surface area contributed by atoms with Crippen molar-refractivity contribution in [1.82, 2.24) is 9.55 Å². The van der Waals surface area contributed by atoms with Crippen molar-refractivity contribution >= 4 is 6.08 Å². The summed E-state index contributed by atoms with van der Waals surface area (Å²) in [5, 5.41) is 18.8. The zero-order chi connectivity index (χ0) is 16.3. The second-order valence-corrected chi connectivity index (χ2v) is 6.68. The van der Waals surface area contributed by atoms with E-state index in [1.807, 2.05) is 13.0 Å². The fraction of sp³-hybridized carbons (Fsp3) is 0.429. The van der Waals surface area contributed by atoms with E-state index in [1.165, 1.54) is 10.8 Å². The molecule has 0 spiro atoms. The second-order valence-electron chi connectivity index (χ2n) is 4.98. The van der Waals surface area contributed by atoms with Gasteiger partial charge in [0.05, 0.1) is 0 Å². The van der Waals surface area contributed by atoms with Crippen molar-refractivity contribution in [2.24, 2.45) is 0 Å². The first-order valence-corrected chi connectivity index (χ1v) is 7.80. The zero-order valence-corrected chi connectivity index (χ0v) is 14.1. The van der Waals surface area contributed by atoms with Gasteiger partial charge in [0.25, 0.3) is 0 Å². The van der Waals surface area contributed by atoms with E-state index in [0.29, 0.717) is 5.56 Å². The molecule has 0 radical (unpaired) electrons. The van der Waals surface area contributed by atoms with E-state index in [4.69, 9.17) is 9.84 Å². The molecule has 0 aromatic carbocycles. The number of aliphatic hydroxyl groups is 2. The molecule has 1 aliphatic heterocycles. The van der Waals surface area contributed by atoms with Gasteiger partial charge in [0.1, 0.15) is 0 Å². The van der Waals surface area contributed by atoms with Gasteiger partial charge < -0.3 is 0 Å². The first-order valence-electron chi connectivity index (χ1n) is 6.72. The van der Waals surface area contributed by atoms with Gasteiger partial charge in [-0.3, -0.25) is 0 Å². The van der Waals surface area contributed by atoms with Crippen LogP contribution in [-0.4, -0.2) is 38.6 Å². The molecular formula is C14H18N2O5Xe. The first kappa shape index (κ1) is 18.0. The Morgan fingerprint density at radius 1 is 1.59 bits per heavy atom. The van der Waals surface area contributed by atoms with Gasteiger partial charge >= 0.3 is 160 Å². The normalized spacial score (nSPS) is 26.0. The van der Waals surface area contributed by atoms with Gasteiger partial charge in [0.2, 0.25) is 0 Å². The van der Waals surface area contributed by atoms with Crippen LogP contribution < -0.4 is 11.2 Å². The van der Waals surface area contributed by atoms with Crippen LogP contribution in [0.2, 0.25) is 0 Å². The molecule has 3 atom stereocenters. The van der Waals surface area contributed by atoms with Crippen LogP contribution in [-0.2, 0) is 4.74 Å². The number of allylic oxidation sites excluding steroid dienone is 3. The summed E-state index contributed by atoms with van der Waals surface area (Å²) < 4.78 is 7.70. The molecule has 0 bridgehead atoms. The van der Waals surface area contributed by atoms with Crippen molar-refractivity contribution in [3.05, 3.63) is 44.8 Å². The molecule has 2 heterocycles. The fourth-order valence-electron chi connectivity index (χ4n) is 2.17. The molecule has 0 amide bonds. The van der Waals surface area contributed by atoms with Crippen molar-refractivity contribution < 1.29 is 61.5 Å². The summed E-state index contributed by atoms with van der Waals surface area (Å²) >= 11 is 2.14. The molecule has 2 rings (SSSR count). The van der Waals surface area contributed by atoms with Crippen molar-refractivity contribution in [3.63, 3.8) is 0 Å². The van der Waals surface area contributed by atoms with Crippen LogP contribution in [0.1, 0.15) is 25.1 Å². The molecule has 22 heavy (non-hydrogen) atoms. The van der Waals surface area contributed by atoms with E-state index in [-0.39, 0.29) is 13.0 Å². The molecule has 1 saturated heterocycles. The van der Waals surface area contributed by atoms with Gasteiger partial charge in [0, 0.05) is 0 Å². The summed E-state index contributed by atoms with van der Waals surface area (Å²) in [5.74, 6) is 0. The Morgan fingerprint density at radius 3 is 2.91 bits per heavy atom. The summed E-state index contributed by atoms with van der Waals surface area (Å²) in [5.41, 5.74) is -0.799. The molecule has 1 aromatic rings. The summed E-state index contributed by atoms with van der Waals surface area (Å²) in [6, 6.07) is 0. The van der Waals surface area contributed by atoms with Crippen LogP contribution in [0, 0.1) is 46.5 Å². The maximum absolute atomic E-state index is 11.9. The van der Waals surface area contributed by atoms with Crippen LogP contribution in [0.15, 0.2) is 28.0 Å². The molecular weight excluding hydrogens is 407 g/mol. The van der Waals surface area contributed by atoms with E-state index in [9.17, 15) is 14.7 Å². The number of aromatic nitrogens is 2. The molecule has 1 aromatic heterocycles. The standard InChI is InChI=1S/C14H18N2O5Xe/c1-8(22)3-2-4-9-6-16(14(20)15-13(9)19)12-5-10(18)11(7-17)21-12/h2-4,6,10-12,17-18,22H,5,7H2,1H3,(H,15,19,20)/t10-,11-,12-/m1/s1. The maximum atomic E-state index is 11.9. The van der Waals surface area contributed by atoms with Crippen molar-refractivity contribution in [1.29, 1.82) is 0 Å². The molecule has 1 fully saturated rings. The number of hydrogen-bond donors (Lipinski definition) is 3. The summed E-state index contributed by atoms with van der Waals surface area (Å²) in [6.45, 7) is 1.58. The Bertz CT molecular complexity index is 702. The third-order valence-electron chi connectivity index (χ3n) is 3.29. The molecule has 122 valence electrons. The van der Waals surface area contributed by atoms with Gasteiger partial charge in [-0.25, -0.2) is 0 Å². The molecule has 3 N–H and O–H groups in total. The Hall–Kier alpha value is -0.389. The minimum atomic E-state index is -0.850. The first-order chi connectivity index (χ1) is 10.4. The summed E-state index contributed by atoms with van der Waals surface area (Å²) in [7, 11) is 0. The van der Waals surface area contributed by atoms with Crippen molar-refractivity contribution in [2.45, 2.75) is 31.8 Å². The Balaban J connectivity index is 2.33. The number of hydrogen-bond acceptors (Lipinski definition) is 5. The van der Waals surface area contributed by atoms with E-state index < -0.39 is 29.7 Å². The predicted molar refractivity (Wildman–Crippen MR) is 77.1 cm³/mol. The number of nitrogens with zero attached hydrogens (tertiary/aromatic N) is 1. The Labute approximate surface area is 159 Å². The van der Waals surface area contributed by atoms with Crippen LogP contribution in [0.3, 0.4) is 0 Å². The number of aromatic amines is 1. The van der Waals surface area contributed by atoms with Gasteiger partial charge in [-0.1, -0.05) is 0 Å². The quantitative estimate of drug-likeness (QED) is 0.558. The number of ether oxygens (including phenoxy) is 1. The van der Waals surface area contributed by atoms with Gasteiger partial charge in [-0.05, 0) is 0 Å². The molecule has 1 aliphatic rings. The van der Waals surface area contributed by atoms with Gasteiger partial charge in [-0.15, -0.1) is 0 Å². The monoisotopic (exact) mass is 426 g/mol. The van der Waals surface area contributed by atoms with E-state index in [1.54, 1.807) is 12.2 Å². The average Bonchev–Trinajstić information content (AvgIpc) is 2.81. The van der Waals surface area contributed by atoms with Crippen LogP contribution in [0.4, 0.5) is 0 Å². The van der Waals surface area contributed by atoms with E-state index in [0.717, 1.165) is 0.0410 Å². The molecule has 0 unspecified atom stereocenters. The van der Waals surface area contributed by atoms with Gasteiger partial charge in [0.15, 0.2) is 0 Å².